The maximum absolute atomic E-state index is 9.22. The van der Waals surface area contributed by atoms with Crippen LogP contribution in [0, 0.1) is 5.92 Å². The maximum atomic E-state index is 9.22. The van der Waals surface area contributed by atoms with Crippen LogP contribution in [0.4, 0.5) is 0 Å². The Balaban J connectivity index is 2.17. The molecule has 17 heavy (non-hydrogen) atoms. The van der Waals surface area contributed by atoms with Crippen LogP contribution in [0.15, 0.2) is 17.3 Å². The van der Waals surface area contributed by atoms with E-state index in [1.54, 1.807) is 18.5 Å². The third-order valence-corrected chi connectivity index (χ3v) is 3.06. The van der Waals surface area contributed by atoms with Crippen LogP contribution in [-0.4, -0.2) is 35.3 Å². The molecule has 1 heterocycles. The van der Waals surface area contributed by atoms with Crippen LogP contribution >= 0.6 is 0 Å². The molecule has 0 aromatic heterocycles. The van der Waals surface area contributed by atoms with Crippen molar-refractivity contribution in [2.24, 2.45) is 10.9 Å². The van der Waals surface area contributed by atoms with E-state index in [1.165, 1.54) is 25.7 Å². The van der Waals surface area contributed by atoms with E-state index < -0.39 is 6.29 Å². The van der Waals surface area contributed by atoms with Crippen LogP contribution in [0.2, 0.25) is 0 Å². The summed E-state index contributed by atoms with van der Waals surface area (Å²) in [6.07, 6.45) is 9.96. The van der Waals surface area contributed by atoms with Crippen molar-refractivity contribution in [2.75, 3.05) is 6.54 Å². The molecule has 0 radical (unpaired) electrons. The van der Waals surface area contributed by atoms with Gasteiger partial charge in [-0.05, 0) is 13.0 Å². The number of aliphatic imine (C=N–C) groups is 1. The molecule has 2 unspecified atom stereocenters. The van der Waals surface area contributed by atoms with Crippen LogP contribution in [0.25, 0.3) is 0 Å². The summed E-state index contributed by atoms with van der Waals surface area (Å²) >= 11 is 0. The Morgan fingerprint density at radius 2 is 2.00 bits per heavy atom. The highest BCUT2D eigenvalue weighted by Gasteiger charge is 2.24. The van der Waals surface area contributed by atoms with Crippen molar-refractivity contribution >= 4 is 6.21 Å². The summed E-state index contributed by atoms with van der Waals surface area (Å²) in [7, 11) is 0. The molecule has 0 spiro atoms. The third kappa shape index (κ3) is 5.44. The fourth-order valence-electron chi connectivity index (χ4n) is 1.98. The minimum Gasteiger partial charge on any atom is -0.368 e. The van der Waals surface area contributed by atoms with E-state index in [2.05, 4.69) is 17.2 Å². The largest absolute Gasteiger partial charge is 0.368 e. The normalized spacial score (nSPS) is 23.5. The van der Waals surface area contributed by atoms with Gasteiger partial charge in [-0.3, -0.25) is 4.99 Å². The highest BCUT2D eigenvalue weighted by Crippen LogP contribution is 2.13. The Kier molecular flexibility index (Phi) is 7.08. The van der Waals surface area contributed by atoms with Crippen molar-refractivity contribution in [3.63, 3.8) is 0 Å². The van der Waals surface area contributed by atoms with E-state index in [1.807, 2.05) is 0 Å². The van der Waals surface area contributed by atoms with Crippen molar-refractivity contribution in [1.82, 2.24) is 5.32 Å². The Bertz CT molecular complexity index is 252. The highest BCUT2D eigenvalue weighted by atomic mass is 16.5. The zero-order valence-corrected chi connectivity index (χ0v) is 10.5. The SMILES string of the molecule is CCCCCCCNC1C=NC=CC1C(O)O. The van der Waals surface area contributed by atoms with Gasteiger partial charge in [0.2, 0.25) is 0 Å². The fraction of sp³-hybridized carbons (Fsp3) is 0.769. The van der Waals surface area contributed by atoms with E-state index in [0.717, 1.165) is 13.0 Å². The van der Waals surface area contributed by atoms with Gasteiger partial charge in [-0.25, -0.2) is 0 Å². The summed E-state index contributed by atoms with van der Waals surface area (Å²) < 4.78 is 0. The minimum absolute atomic E-state index is 0.0637. The average Bonchev–Trinajstić information content (AvgIpc) is 2.34. The molecular weight excluding hydrogens is 216 g/mol. The number of hydrogen-bond acceptors (Lipinski definition) is 4. The second-order valence-corrected chi connectivity index (χ2v) is 4.52. The second-order valence-electron chi connectivity index (χ2n) is 4.52. The van der Waals surface area contributed by atoms with Gasteiger partial charge in [-0.15, -0.1) is 0 Å². The molecule has 4 nitrogen and oxygen atoms in total. The molecule has 1 aliphatic rings. The lowest BCUT2D eigenvalue weighted by Gasteiger charge is -2.25. The number of unbranched alkanes of at least 4 members (excludes halogenated alkanes) is 4. The lowest BCUT2D eigenvalue weighted by Crippen LogP contribution is -2.43. The predicted molar refractivity (Wildman–Crippen MR) is 69.9 cm³/mol. The number of nitrogens with one attached hydrogen (secondary N) is 1. The molecule has 0 bridgehead atoms. The van der Waals surface area contributed by atoms with Gasteiger partial charge in [0.1, 0.15) is 0 Å². The summed E-state index contributed by atoms with van der Waals surface area (Å²) in [5.74, 6) is -0.289. The molecule has 0 fully saturated rings. The highest BCUT2D eigenvalue weighted by molar-refractivity contribution is 5.67. The van der Waals surface area contributed by atoms with Crippen molar-refractivity contribution < 1.29 is 10.2 Å². The van der Waals surface area contributed by atoms with Crippen LogP contribution in [0.3, 0.4) is 0 Å². The smallest absolute Gasteiger partial charge is 0.159 e. The topological polar surface area (TPSA) is 64.9 Å². The molecule has 0 amide bonds. The van der Waals surface area contributed by atoms with Gasteiger partial charge in [-0.1, -0.05) is 38.7 Å². The number of rotatable bonds is 8. The molecule has 0 saturated carbocycles. The summed E-state index contributed by atoms with van der Waals surface area (Å²) in [6.45, 7) is 3.10. The van der Waals surface area contributed by atoms with E-state index in [4.69, 9.17) is 0 Å². The van der Waals surface area contributed by atoms with Gasteiger partial charge in [-0.2, -0.15) is 0 Å². The predicted octanol–water partition coefficient (Wildman–Crippen LogP) is 1.44. The van der Waals surface area contributed by atoms with Crippen molar-refractivity contribution in [1.29, 1.82) is 0 Å². The van der Waals surface area contributed by atoms with Crippen LogP contribution in [0.1, 0.15) is 39.0 Å². The van der Waals surface area contributed by atoms with E-state index in [-0.39, 0.29) is 12.0 Å². The Hall–Kier alpha value is -0.710. The first-order valence-corrected chi connectivity index (χ1v) is 6.55. The summed E-state index contributed by atoms with van der Waals surface area (Å²) in [6, 6.07) is -0.0637. The van der Waals surface area contributed by atoms with Gasteiger partial charge in [0.05, 0.1) is 6.04 Å². The zero-order chi connectivity index (χ0) is 12.5. The van der Waals surface area contributed by atoms with Gasteiger partial charge in [0.25, 0.3) is 0 Å². The van der Waals surface area contributed by atoms with Gasteiger partial charge in [0, 0.05) is 18.3 Å². The molecule has 2 atom stereocenters. The number of aliphatic hydroxyl groups is 2. The van der Waals surface area contributed by atoms with Crippen LogP contribution in [-0.2, 0) is 0 Å². The molecule has 0 aromatic rings. The lowest BCUT2D eigenvalue weighted by molar-refractivity contribution is -0.0735. The molecule has 0 saturated heterocycles. The molecular formula is C13H24N2O2. The average molecular weight is 240 g/mol. The monoisotopic (exact) mass is 240 g/mol. The molecule has 1 aliphatic heterocycles. The summed E-state index contributed by atoms with van der Waals surface area (Å²) in [4.78, 5) is 4.03. The first-order valence-electron chi connectivity index (χ1n) is 6.55. The maximum Gasteiger partial charge on any atom is 0.159 e. The molecule has 3 N–H and O–H groups in total. The molecule has 4 heteroatoms. The Labute approximate surface area is 103 Å². The lowest BCUT2D eigenvalue weighted by atomic mass is 9.98. The van der Waals surface area contributed by atoms with Crippen LogP contribution in [0.5, 0.6) is 0 Å². The van der Waals surface area contributed by atoms with E-state index in [0.29, 0.717) is 0 Å². The molecule has 1 rings (SSSR count). The number of aliphatic hydroxyl groups excluding tert-OH is 1. The van der Waals surface area contributed by atoms with Crippen molar-refractivity contribution in [3.8, 4) is 0 Å². The first kappa shape index (κ1) is 14.4. The summed E-state index contributed by atoms with van der Waals surface area (Å²) in [5.41, 5.74) is 0. The first-order chi connectivity index (χ1) is 8.25. The summed E-state index contributed by atoms with van der Waals surface area (Å²) in [5, 5.41) is 21.8. The molecule has 0 aliphatic carbocycles. The Morgan fingerprint density at radius 3 is 2.71 bits per heavy atom. The molecule has 0 aromatic carbocycles. The Morgan fingerprint density at radius 1 is 1.24 bits per heavy atom. The molecule has 98 valence electrons. The quantitative estimate of drug-likeness (QED) is 0.444. The van der Waals surface area contributed by atoms with Gasteiger partial charge >= 0.3 is 0 Å². The van der Waals surface area contributed by atoms with Crippen molar-refractivity contribution in [3.05, 3.63) is 12.3 Å². The second kappa shape index (κ2) is 8.39. The van der Waals surface area contributed by atoms with Gasteiger partial charge in [0.15, 0.2) is 6.29 Å². The number of hydrogen-bond donors (Lipinski definition) is 3. The minimum atomic E-state index is -1.32. The standard InChI is InChI=1S/C13H24N2O2/c1-2-3-4-5-6-8-15-12-10-14-9-7-11(12)13(16)17/h7,9-13,15-17H,2-6,8H2,1H3. The van der Waals surface area contributed by atoms with Crippen molar-refractivity contribution in [2.45, 2.75) is 51.4 Å². The number of nitrogens with zero attached hydrogens (tertiary/aromatic N) is 1. The fourth-order valence-corrected chi connectivity index (χ4v) is 1.98. The van der Waals surface area contributed by atoms with Crippen LogP contribution < -0.4 is 5.32 Å². The van der Waals surface area contributed by atoms with E-state index >= 15 is 0 Å². The van der Waals surface area contributed by atoms with Gasteiger partial charge < -0.3 is 15.5 Å². The van der Waals surface area contributed by atoms with E-state index in [9.17, 15) is 10.2 Å². The zero-order valence-electron chi connectivity index (χ0n) is 10.5. The third-order valence-electron chi connectivity index (χ3n) is 3.06.